The zero-order chi connectivity index (χ0) is 24.2. The smallest absolute Gasteiger partial charge is 0.243 e. The number of nitrogens with zero attached hydrogens (tertiary/aromatic N) is 1. The van der Waals surface area contributed by atoms with Crippen molar-refractivity contribution in [3.05, 3.63) is 52.2 Å². The quantitative estimate of drug-likeness (QED) is 0.269. The zero-order valence-electron chi connectivity index (χ0n) is 20.3. The second-order valence-corrected chi connectivity index (χ2v) is 17.7. The molecule has 0 bridgehead atoms. The molecule has 8 heteroatoms. The maximum absolute atomic E-state index is 13.8. The highest BCUT2D eigenvalue weighted by molar-refractivity contribution is 7.89. The highest BCUT2D eigenvalue weighted by Gasteiger charge is 2.40. The van der Waals surface area contributed by atoms with Crippen molar-refractivity contribution in [3.63, 3.8) is 0 Å². The highest BCUT2D eigenvalue weighted by atomic mass is 32.2. The van der Waals surface area contributed by atoms with E-state index in [1.54, 1.807) is 40.0 Å². The first-order valence-electron chi connectivity index (χ1n) is 11.0. The molecule has 1 aromatic heterocycles. The molecule has 1 unspecified atom stereocenters. The maximum atomic E-state index is 13.8. The topological polar surface area (TPSA) is 63.7 Å². The van der Waals surface area contributed by atoms with E-state index in [1.807, 2.05) is 6.07 Å². The Kier molecular flexibility index (Phi) is 9.03. The molecular formula is C24H37NO4S2Si. The molecule has 0 spiro atoms. The van der Waals surface area contributed by atoms with E-state index < -0.39 is 24.4 Å². The number of thiophene rings is 1. The highest BCUT2D eigenvalue weighted by Crippen LogP contribution is 2.39. The predicted molar refractivity (Wildman–Crippen MR) is 135 cm³/mol. The van der Waals surface area contributed by atoms with Crippen molar-refractivity contribution in [3.8, 4) is 0 Å². The molecule has 0 radical (unpaired) electrons. The number of hydrogen-bond acceptors (Lipinski definition) is 5. The van der Waals surface area contributed by atoms with Gasteiger partial charge in [-0.1, -0.05) is 52.8 Å². The second kappa shape index (κ2) is 10.7. The van der Waals surface area contributed by atoms with Gasteiger partial charge < -0.3 is 4.43 Å². The summed E-state index contributed by atoms with van der Waals surface area (Å²) in [5.74, 6) is 0.347. The molecule has 0 aliphatic rings. The van der Waals surface area contributed by atoms with Crippen LogP contribution in [0.1, 0.15) is 62.3 Å². The molecule has 5 nitrogen and oxygen atoms in total. The Bertz CT molecular complexity index is 979. The summed E-state index contributed by atoms with van der Waals surface area (Å²) in [6.07, 6.45) is 1.53. The average Bonchev–Trinajstić information content (AvgIpc) is 3.18. The molecule has 1 heterocycles. The van der Waals surface area contributed by atoms with Crippen LogP contribution in [0.5, 0.6) is 0 Å². The van der Waals surface area contributed by atoms with Crippen LogP contribution in [0, 0.1) is 5.92 Å². The van der Waals surface area contributed by atoms with Crippen molar-refractivity contribution >= 4 is 36.0 Å². The first-order valence-corrected chi connectivity index (χ1v) is 16.3. The van der Waals surface area contributed by atoms with Crippen LogP contribution in [0.25, 0.3) is 0 Å². The number of benzene rings is 1. The minimum atomic E-state index is -3.76. The molecule has 2 rings (SSSR count). The third-order valence-corrected chi connectivity index (χ3v) is 13.6. The summed E-state index contributed by atoms with van der Waals surface area (Å²) in [6, 6.07) is 9.86. The van der Waals surface area contributed by atoms with Gasteiger partial charge in [-0.3, -0.25) is 4.79 Å². The Morgan fingerprint density at radius 2 is 1.78 bits per heavy atom. The fraction of sp³-hybridized carbons (Fsp3) is 0.542. The number of hydrogen-bond donors (Lipinski definition) is 0. The molecule has 1 atom stereocenters. The maximum Gasteiger partial charge on any atom is 0.243 e. The molecule has 0 amide bonds. The third kappa shape index (κ3) is 6.60. The molecule has 0 saturated heterocycles. The average molecular weight is 496 g/mol. The lowest BCUT2D eigenvalue weighted by Gasteiger charge is -2.39. The summed E-state index contributed by atoms with van der Waals surface area (Å²) < 4.78 is 35.7. The summed E-state index contributed by atoms with van der Waals surface area (Å²) in [5, 5.41) is 1.78. The summed E-state index contributed by atoms with van der Waals surface area (Å²) in [5.41, 5.74) is 0.559. The van der Waals surface area contributed by atoms with Gasteiger partial charge in [-0.05, 0) is 48.7 Å². The number of aldehydes is 1. The minimum Gasteiger partial charge on any atom is -0.415 e. The molecule has 1 aromatic carbocycles. The Morgan fingerprint density at radius 1 is 1.16 bits per heavy atom. The fourth-order valence-corrected chi connectivity index (χ4v) is 6.63. The van der Waals surface area contributed by atoms with Gasteiger partial charge >= 0.3 is 0 Å². The van der Waals surface area contributed by atoms with Crippen LogP contribution in [0.2, 0.25) is 18.1 Å². The molecule has 2 aromatic rings. The fourth-order valence-electron chi connectivity index (χ4n) is 2.97. The van der Waals surface area contributed by atoms with Crippen molar-refractivity contribution in [1.82, 2.24) is 4.31 Å². The third-order valence-electron chi connectivity index (χ3n) is 6.14. The van der Waals surface area contributed by atoms with Gasteiger partial charge in [0.25, 0.3) is 0 Å². The van der Waals surface area contributed by atoms with E-state index in [2.05, 4.69) is 47.7 Å². The lowest BCUT2D eigenvalue weighted by Crippen LogP contribution is -2.45. The lowest BCUT2D eigenvalue weighted by molar-refractivity contribution is 0.112. The van der Waals surface area contributed by atoms with Crippen LogP contribution < -0.4 is 0 Å². The largest absolute Gasteiger partial charge is 0.415 e. The van der Waals surface area contributed by atoms with E-state index in [0.717, 1.165) is 17.6 Å². The summed E-state index contributed by atoms with van der Waals surface area (Å²) in [4.78, 5) is 12.4. The normalized spacial score (nSPS) is 14.2. The van der Waals surface area contributed by atoms with Gasteiger partial charge in [0.05, 0.1) is 17.5 Å². The van der Waals surface area contributed by atoms with Gasteiger partial charge in [0.2, 0.25) is 10.0 Å². The Labute approximate surface area is 199 Å². The summed E-state index contributed by atoms with van der Waals surface area (Å²) in [6.45, 7) is 15.7. The Morgan fingerprint density at radius 3 is 2.28 bits per heavy atom. The number of carbonyl (C=O) groups is 1. The van der Waals surface area contributed by atoms with E-state index in [4.69, 9.17) is 4.43 Å². The van der Waals surface area contributed by atoms with E-state index in [-0.39, 0.29) is 16.5 Å². The van der Waals surface area contributed by atoms with Crippen molar-refractivity contribution < 1.29 is 17.6 Å². The van der Waals surface area contributed by atoms with Gasteiger partial charge in [0, 0.05) is 22.4 Å². The van der Waals surface area contributed by atoms with Crippen LogP contribution >= 0.6 is 11.3 Å². The molecule has 0 aliphatic carbocycles. The number of carbonyl (C=O) groups excluding carboxylic acids is 1. The van der Waals surface area contributed by atoms with Gasteiger partial charge in [0.1, 0.15) is 0 Å². The molecule has 32 heavy (non-hydrogen) atoms. The van der Waals surface area contributed by atoms with E-state index >= 15 is 0 Å². The van der Waals surface area contributed by atoms with Crippen LogP contribution in [-0.2, 0) is 14.4 Å². The van der Waals surface area contributed by atoms with Gasteiger partial charge in [-0.25, -0.2) is 8.42 Å². The van der Waals surface area contributed by atoms with E-state index in [1.165, 1.54) is 11.3 Å². The summed E-state index contributed by atoms with van der Waals surface area (Å²) >= 11 is 1.41. The van der Waals surface area contributed by atoms with Crippen LogP contribution in [0.15, 0.2) is 46.7 Å². The SMILES string of the molecule is CC(C)CCN(C(CO[Si](C)(C)C(C)(C)C)c1cc(C=O)cs1)S(=O)(=O)c1ccccc1. The monoisotopic (exact) mass is 495 g/mol. The van der Waals surface area contributed by atoms with Gasteiger partial charge in [-0.15, -0.1) is 11.3 Å². The molecule has 0 fully saturated rings. The molecule has 0 aliphatic heterocycles. The zero-order valence-corrected chi connectivity index (χ0v) is 22.9. The van der Waals surface area contributed by atoms with Crippen LogP contribution in [0.3, 0.4) is 0 Å². The lowest BCUT2D eigenvalue weighted by atomic mass is 10.1. The van der Waals surface area contributed by atoms with Crippen LogP contribution in [-0.4, -0.2) is 40.5 Å². The molecule has 0 saturated carbocycles. The molecular weight excluding hydrogens is 458 g/mol. The Balaban J connectivity index is 2.54. The van der Waals surface area contributed by atoms with Gasteiger partial charge in [0.15, 0.2) is 14.6 Å². The standard InChI is InChI=1S/C24H37NO4S2Si/c1-19(2)13-14-25(31(27,28)21-11-9-8-10-12-21)22(23-15-20(16-26)18-30-23)17-29-32(6,7)24(3,4)5/h8-12,15-16,18-19,22H,13-14,17H2,1-7H3. The number of rotatable bonds is 11. The minimum absolute atomic E-state index is 0.00201. The predicted octanol–water partition coefficient (Wildman–Crippen LogP) is 6.36. The van der Waals surface area contributed by atoms with Crippen LogP contribution in [0.4, 0.5) is 0 Å². The van der Waals surface area contributed by atoms with E-state index in [0.29, 0.717) is 18.0 Å². The molecule has 178 valence electrons. The molecule has 0 N–H and O–H groups in total. The van der Waals surface area contributed by atoms with Crippen molar-refractivity contribution in [2.45, 2.75) is 70.1 Å². The number of sulfonamides is 1. The second-order valence-electron chi connectivity index (χ2n) is 10.1. The Hall–Kier alpha value is -1.32. The van der Waals surface area contributed by atoms with Crippen molar-refractivity contribution in [1.29, 1.82) is 0 Å². The first kappa shape index (κ1) is 26.9. The first-order chi connectivity index (χ1) is 14.8. The van der Waals surface area contributed by atoms with Crippen molar-refractivity contribution in [2.24, 2.45) is 5.92 Å². The van der Waals surface area contributed by atoms with Crippen molar-refractivity contribution in [2.75, 3.05) is 13.2 Å². The van der Waals surface area contributed by atoms with Gasteiger partial charge in [-0.2, -0.15) is 4.31 Å². The summed E-state index contributed by atoms with van der Waals surface area (Å²) in [7, 11) is -5.88. The van der Waals surface area contributed by atoms with E-state index in [9.17, 15) is 13.2 Å².